The summed E-state index contributed by atoms with van der Waals surface area (Å²) < 4.78 is 4.80. The van der Waals surface area contributed by atoms with E-state index in [9.17, 15) is 4.79 Å². The highest BCUT2D eigenvalue weighted by Crippen LogP contribution is 2.24. The van der Waals surface area contributed by atoms with Crippen molar-refractivity contribution in [3.63, 3.8) is 0 Å². The molecule has 0 aliphatic carbocycles. The zero-order valence-corrected chi connectivity index (χ0v) is 11.9. The maximum Gasteiger partial charge on any atom is 0.328 e. The van der Waals surface area contributed by atoms with Crippen molar-refractivity contribution in [3.05, 3.63) is 28.8 Å². The first-order valence-corrected chi connectivity index (χ1v) is 6.56. The average molecular weight is 270 g/mol. The van der Waals surface area contributed by atoms with Gasteiger partial charge in [0.1, 0.15) is 6.04 Å². The lowest BCUT2D eigenvalue weighted by Gasteiger charge is -2.18. The van der Waals surface area contributed by atoms with Crippen molar-refractivity contribution in [2.75, 3.05) is 12.4 Å². The normalized spacial score (nSPS) is 12.0. The molecule has 0 aliphatic heterocycles. The standard InChI is InChI=1S/C14H20ClNO2/c1-4-5-6-13(14(17)18-3)16-12-8-7-10(2)9-11(12)15/h7-9,13,16H,4-6H2,1-3H3. The monoisotopic (exact) mass is 269 g/mol. The molecule has 0 radical (unpaired) electrons. The largest absolute Gasteiger partial charge is 0.467 e. The number of esters is 1. The summed E-state index contributed by atoms with van der Waals surface area (Å²) in [4.78, 5) is 11.7. The zero-order valence-electron chi connectivity index (χ0n) is 11.1. The highest BCUT2D eigenvalue weighted by molar-refractivity contribution is 6.33. The van der Waals surface area contributed by atoms with Crippen molar-refractivity contribution in [1.82, 2.24) is 0 Å². The molecule has 1 rings (SSSR count). The summed E-state index contributed by atoms with van der Waals surface area (Å²) in [5, 5.41) is 3.78. The first kappa shape index (κ1) is 14.8. The molecule has 0 bridgehead atoms. The molecular formula is C14H20ClNO2. The lowest BCUT2D eigenvalue weighted by atomic mass is 10.1. The van der Waals surface area contributed by atoms with E-state index < -0.39 is 0 Å². The van der Waals surface area contributed by atoms with Gasteiger partial charge in [0.2, 0.25) is 0 Å². The molecule has 0 fully saturated rings. The van der Waals surface area contributed by atoms with Crippen molar-refractivity contribution in [1.29, 1.82) is 0 Å². The van der Waals surface area contributed by atoms with Crippen LogP contribution in [0, 0.1) is 6.92 Å². The molecule has 0 aromatic heterocycles. The van der Waals surface area contributed by atoms with Gasteiger partial charge < -0.3 is 10.1 Å². The number of hydrogen-bond donors (Lipinski definition) is 1. The quantitative estimate of drug-likeness (QED) is 0.799. The SMILES string of the molecule is CCCCC(Nc1ccc(C)cc1Cl)C(=O)OC. The van der Waals surface area contributed by atoms with Crippen molar-refractivity contribution >= 4 is 23.3 Å². The molecule has 100 valence electrons. The van der Waals surface area contributed by atoms with E-state index in [4.69, 9.17) is 16.3 Å². The molecule has 0 saturated carbocycles. The summed E-state index contributed by atoms with van der Waals surface area (Å²) in [5.74, 6) is -0.250. The molecule has 1 aromatic rings. The highest BCUT2D eigenvalue weighted by atomic mass is 35.5. The second-order valence-corrected chi connectivity index (χ2v) is 4.75. The number of carbonyl (C=O) groups excluding carboxylic acids is 1. The van der Waals surface area contributed by atoms with Gasteiger partial charge in [0.05, 0.1) is 17.8 Å². The van der Waals surface area contributed by atoms with Gasteiger partial charge in [0.25, 0.3) is 0 Å². The Balaban J connectivity index is 2.78. The molecule has 0 amide bonds. The van der Waals surface area contributed by atoms with E-state index in [1.165, 1.54) is 7.11 Å². The van der Waals surface area contributed by atoms with E-state index >= 15 is 0 Å². The van der Waals surface area contributed by atoms with Gasteiger partial charge in [-0.15, -0.1) is 0 Å². The molecule has 0 spiro atoms. The second-order valence-electron chi connectivity index (χ2n) is 4.35. The van der Waals surface area contributed by atoms with Crippen LogP contribution in [0.25, 0.3) is 0 Å². The van der Waals surface area contributed by atoms with E-state index in [-0.39, 0.29) is 12.0 Å². The Bertz CT molecular complexity index is 407. The fraction of sp³-hybridized carbons (Fsp3) is 0.500. The van der Waals surface area contributed by atoms with E-state index in [1.807, 2.05) is 25.1 Å². The molecule has 18 heavy (non-hydrogen) atoms. The minimum atomic E-state index is -0.338. The average Bonchev–Trinajstić information content (AvgIpc) is 2.36. The van der Waals surface area contributed by atoms with E-state index in [2.05, 4.69) is 12.2 Å². The first-order valence-electron chi connectivity index (χ1n) is 6.19. The van der Waals surface area contributed by atoms with Crippen LogP contribution in [-0.4, -0.2) is 19.1 Å². The number of halogens is 1. The van der Waals surface area contributed by atoms with Crippen LogP contribution in [0.5, 0.6) is 0 Å². The number of methoxy groups -OCH3 is 1. The third kappa shape index (κ3) is 4.22. The lowest BCUT2D eigenvalue weighted by Crippen LogP contribution is -2.30. The van der Waals surface area contributed by atoms with Gasteiger partial charge in [-0.05, 0) is 31.0 Å². The molecule has 4 heteroatoms. The Morgan fingerprint density at radius 3 is 2.78 bits per heavy atom. The van der Waals surface area contributed by atoms with Crippen LogP contribution < -0.4 is 5.32 Å². The maximum atomic E-state index is 11.7. The molecule has 0 saturated heterocycles. The van der Waals surface area contributed by atoms with Gasteiger partial charge in [-0.3, -0.25) is 0 Å². The number of hydrogen-bond acceptors (Lipinski definition) is 3. The van der Waals surface area contributed by atoms with Crippen LogP contribution in [-0.2, 0) is 9.53 Å². The molecule has 1 unspecified atom stereocenters. The molecule has 0 aliphatic rings. The Kier molecular flexibility index (Phi) is 5.99. The van der Waals surface area contributed by atoms with Crippen LogP contribution in [0.1, 0.15) is 31.7 Å². The number of nitrogens with one attached hydrogen (secondary N) is 1. The van der Waals surface area contributed by atoms with Crippen molar-refractivity contribution in [3.8, 4) is 0 Å². The Morgan fingerprint density at radius 2 is 2.22 bits per heavy atom. The van der Waals surface area contributed by atoms with E-state index in [0.29, 0.717) is 5.02 Å². The van der Waals surface area contributed by atoms with Crippen LogP contribution in [0.3, 0.4) is 0 Å². The number of aryl methyl sites for hydroxylation is 1. The predicted molar refractivity (Wildman–Crippen MR) is 75.1 cm³/mol. The number of unbranched alkanes of at least 4 members (excludes halogenated alkanes) is 1. The zero-order chi connectivity index (χ0) is 13.5. The van der Waals surface area contributed by atoms with E-state index in [1.54, 1.807) is 0 Å². The number of carbonyl (C=O) groups is 1. The maximum absolute atomic E-state index is 11.7. The Labute approximate surface area is 113 Å². The molecule has 1 N–H and O–H groups in total. The number of benzene rings is 1. The number of ether oxygens (including phenoxy) is 1. The summed E-state index contributed by atoms with van der Waals surface area (Å²) in [6.07, 6.45) is 2.75. The van der Waals surface area contributed by atoms with Gasteiger partial charge >= 0.3 is 5.97 Å². The molecule has 0 heterocycles. The number of anilines is 1. The van der Waals surface area contributed by atoms with E-state index in [0.717, 1.165) is 30.5 Å². The summed E-state index contributed by atoms with van der Waals surface area (Å²) in [6, 6.07) is 5.38. The van der Waals surface area contributed by atoms with Crippen molar-refractivity contribution < 1.29 is 9.53 Å². The topological polar surface area (TPSA) is 38.3 Å². The van der Waals surface area contributed by atoms with Crippen LogP contribution in [0.15, 0.2) is 18.2 Å². The van der Waals surface area contributed by atoms with Gasteiger partial charge in [0.15, 0.2) is 0 Å². The highest BCUT2D eigenvalue weighted by Gasteiger charge is 2.19. The van der Waals surface area contributed by atoms with Crippen molar-refractivity contribution in [2.24, 2.45) is 0 Å². The van der Waals surface area contributed by atoms with Crippen LogP contribution >= 0.6 is 11.6 Å². The fourth-order valence-electron chi connectivity index (χ4n) is 1.72. The van der Waals surface area contributed by atoms with Crippen molar-refractivity contribution in [2.45, 2.75) is 39.2 Å². The minimum Gasteiger partial charge on any atom is -0.467 e. The second kappa shape index (κ2) is 7.27. The third-order valence-electron chi connectivity index (χ3n) is 2.79. The van der Waals surface area contributed by atoms with Gasteiger partial charge in [-0.25, -0.2) is 4.79 Å². The van der Waals surface area contributed by atoms with Gasteiger partial charge in [-0.2, -0.15) is 0 Å². The molecule has 3 nitrogen and oxygen atoms in total. The third-order valence-corrected chi connectivity index (χ3v) is 3.10. The predicted octanol–water partition coefficient (Wildman–Crippen LogP) is 3.79. The summed E-state index contributed by atoms with van der Waals surface area (Å²) in [6.45, 7) is 4.07. The smallest absolute Gasteiger partial charge is 0.328 e. The Morgan fingerprint density at radius 1 is 1.50 bits per heavy atom. The van der Waals surface area contributed by atoms with Crippen LogP contribution in [0.4, 0.5) is 5.69 Å². The minimum absolute atomic E-state index is 0.250. The first-order chi connectivity index (χ1) is 8.58. The van der Waals surface area contributed by atoms with Crippen LogP contribution in [0.2, 0.25) is 5.02 Å². The summed E-state index contributed by atoms with van der Waals surface area (Å²) in [7, 11) is 1.40. The van der Waals surface area contributed by atoms with Gasteiger partial charge in [-0.1, -0.05) is 37.4 Å². The molecule has 1 aromatic carbocycles. The molecular weight excluding hydrogens is 250 g/mol. The number of rotatable bonds is 6. The lowest BCUT2D eigenvalue weighted by molar-refractivity contribution is -0.141. The van der Waals surface area contributed by atoms with Gasteiger partial charge in [0, 0.05) is 0 Å². The summed E-state index contributed by atoms with van der Waals surface area (Å²) >= 11 is 6.14. The fourth-order valence-corrected chi connectivity index (χ4v) is 2.01. The molecule has 1 atom stereocenters. The summed E-state index contributed by atoms with van der Waals surface area (Å²) in [5.41, 5.74) is 1.86. The Hall–Kier alpha value is -1.22.